The van der Waals surface area contributed by atoms with Gasteiger partial charge in [0.15, 0.2) is 6.10 Å². The number of nitrogens with zero attached hydrogens (tertiary/aromatic N) is 1. The van der Waals surface area contributed by atoms with E-state index >= 15 is 0 Å². The molecule has 0 saturated carbocycles. The maximum absolute atomic E-state index is 11.0. The summed E-state index contributed by atoms with van der Waals surface area (Å²) < 4.78 is 5.28. The lowest BCUT2D eigenvalue weighted by Gasteiger charge is -2.38. The second kappa shape index (κ2) is 5.82. The van der Waals surface area contributed by atoms with Crippen LogP contribution in [0.5, 0.6) is 0 Å². The predicted octanol–water partition coefficient (Wildman–Crippen LogP) is 2.23. The first-order chi connectivity index (χ1) is 8.59. The monoisotopic (exact) mass is 269 g/mol. The van der Waals surface area contributed by atoms with Crippen LogP contribution in [0.1, 0.15) is 24.8 Å². The Morgan fingerprint density at radius 1 is 1.61 bits per heavy atom. The van der Waals surface area contributed by atoms with Crippen LogP contribution in [-0.4, -0.2) is 41.8 Å². The van der Waals surface area contributed by atoms with E-state index in [2.05, 4.69) is 30.2 Å². The maximum Gasteiger partial charge on any atom is 0.334 e. The molecule has 18 heavy (non-hydrogen) atoms. The van der Waals surface area contributed by atoms with Crippen molar-refractivity contribution in [2.75, 3.05) is 19.7 Å². The highest BCUT2D eigenvalue weighted by Crippen LogP contribution is 2.32. The van der Waals surface area contributed by atoms with Gasteiger partial charge in [-0.1, -0.05) is 19.9 Å². The molecule has 0 bridgehead atoms. The topological polar surface area (TPSA) is 49.8 Å². The second-order valence-electron chi connectivity index (χ2n) is 4.90. The van der Waals surface area contributed by atoms with Gasteiger partial charge in [-0.3, -0.25) is 4.90 Å². The largest absolute Gasteiger partial charge is 0.479 e. The van der Waals surface area contributed by atoms with Crippen LogP contribution < -0.4 is 0 Å². The second-order valence-corrected chi connectivity index (χ2v) is 5.88. The van der Waals surface area contributed by atoms with Gasteiger partial charge in [0.25, 0.3) is 0 Å². The van der Waals surface area contributed by atoms with Gasteiger partial charge in [0, 0.05) is 24.0 Å². The molecule has 0 aliphatic carbocycles. The number of carbonyl (C=O) groups is 1. The van der Waals surface area contributed by atoms with Crippen LogP contribution in [0.15, 0.2) is 17.5 Å². The number of carboxylic acids is 1. The smallest absolute Gasteiger partial charge is 0.334 e. The van der Waals surface area contributed by atoms with E-state index in [0.717, 1.165) is 6.54 Å². The molecule has 0 aromatic carbocycles. The third kappa shape index (κ3) is 2.91. The molecule has 4 nitrogen and oxygen atoms in total. The van der Waals surface area contributed by atoms with Crippen LogP contribution in [-0.2, 0) is 9.53 Å². The number of hydrogen-bond acceptors (Lipinski definition) is 4. The van der Waals surface area contributed by atoms with Gasteiger partial charge in [-0.25, -0.2) is 4.79 Å². The Labute approximate surface area is 111 Å². The molecule has 1 aliphatic heterocycles. The third-order valence-electron chi connectivity index (χ3n) is 3.23. The number of ether oxygens (including phenoxy) is 1. The number of hydrogen-bond donors (Lipinski definition) is 1. The first kappa shape index (κ1) is 13.5. The molecule has 1 N–H and O–H groups in total. The van der Waals surface area contributed by atoms with Crippen LogP contribution in [0.25, 0.3) is 0 Å². The first-order valence-corrected chi connectivity index (χ1v) is 7.09. The highest BCUT2D eigenvalue weighted by Gasteiger charge is 2.32. The van der Waals surface area contributed by atoms with Gasteiger partial charge in [-0.05, 0) is 17.4 Å². The number of carboxylic acid groups (broad SMARTS) is 1. The minimum atomic E-state index is -0.867. The summed E-state index contributed by atoms with van der Waals surface area (Å²) >= 11 is 1.73. The molecule has 1 fully saturated rings. The lowest BCUT2D eigenvalue weighted by atomic mass is 9.99. The molecule has 1 saturated heterocycles. The van der Waals surface area contributed by atoms with E-state index < -0.39 is 12.1 Å². The van der Waals surface area contributed by atoms with Crippen molar-refractivity contribution in [3.63, 3.8) is 0 Å². The van der Waals surface area contributed by atoms with Gasteiger partial charge >= 0.3 is 5.97 Å². The van der Waals surface area contributed by atoms with E-state index in [1.807, 2.05) is 6.07 Å². The molecule has 1 aliphatic rings. The number of morpholine rings is 1. The SMILES string of the molecule is CC(C)C(c1cccs1)N1CCOC(C(=O)O)C1. The van der Waals surface area contributed by atoms with Crippen molar-refractivity contribution in [1.82, 2.24) is 4.90 Å². The van der Waals surface area contributed by atoms with Crippen molar-refractivity contribution >= 4 is 17.3 Å². The summed E-state index contributed by atoms with van der Waals surface area (Å²) in [6.07, 6.45) is -0.694. The molecule has 2 heterocycles. The van der Waals surface area contributed by atoms with Gasteiger partial charge in [-0.2, -0.15) is 0 Å². The van der Waals surface area contributed by atoms with Gasteiger partial charge in [0.05, 0.1) is 6.61 Å². The Bertz CT molecular complexity index is 391. The van der Waals surface area contributed by atoms with Crippen molar-refractivity contribution < 1.29 is 14.6 Å². The summed E-state index contributed by atoms with van der Waals surface area (Å²) in [5.41, 5.74) is 0. The predicted molar refractivity (Wildman–Crippen MR) is 70.8 cm³/mol. The average Bonchev–Trinajstić information content (AvgIpc) is 2.82. The lowest BCUT2D eigenvalue weighted by Crippen LogP contribution is -2.48. The number of aliphatic carboxylic acids is 1. The molecule has 2 unspecified atom stereocenters. The highest BCUT2D eigenvalue weighted by molar-refractivity contribution is 7.10. The highest BCUT2D eigenvalue weighted by atomic mass is 32.1. The summed E-state index contributed by atoms with van der Waals surface area (Å²) in [6.45, 7) is 6.11. The van der Waals surface area contributed by atoms with Crippen LogP contribution in [0.3, 0.4) is 0 Å². The standard InChI is InChI=1S/C13H19NO3S/c1-9(2)12(11-4-3-7-18-11)14-5-6-17-10(8-14)13(15)16/h3-4,7,9-10,12H,5-6,8H2,1-2H3,(H,15,16). The summed E-state index contributed by atoms with van der Waals surface area (Å²) in [6, 6.07) is 4.46. The van der Waals surface area contributed by atoms with Crippen LogP contribution >= 0.6 is 11.3 Å². The Balaban J connectivity index is 2.14. The molecular formula is C13H19NO3S. The molecule has 2 rings (SSSR count). The fourth-order valence-corrected chi connectivity index (χ4v) is 3.49. The summed E-state index contributed by atoms with van der Waals surface area (Å²) in [5.74, 6) is -0.412. The molecule has 5 heteroatoms. The van der Waals surface area contributed by atoms with E-state index in [0.29, 0.717) is 19.1 Å². The Kier molecular flexibility index (Phi) is 4.37. The minimum Gasteiger partial charge on any atom is -0.479 e. The molecule has 100 valence electrons. The summed E-state index contributed by atoms with van der Waals surface area (Å²) in [5, 5.41) is 11.1. The number of rotatable bonds is 4. The van der Waals surface area contributed by atoms with Crippen molar-refractivity contribution in [3.05, 3.63) is 22.4 Å². The Morgan fingerprint density at radius 2 is 2.39 bits per heavy atom. The van der Waals surface area contributed by atoms with Crippen LogP contribution in [0.2, 0.25) is 0 Å². The first-order valence-electron chi connectivity index (χ1n) is 6.21. The molecule has 0 amide bonds. The summed E-state index contributed by atoms with van der Waals surface area (Å²) in [4.78, 5) is 14.6. The number of thiophene rings is 1. The fraction of sp³-hybridized carbons (Fsp3) is 0.615. The van der Waals surface area contributed by atoms with Crippen LogP contribution in [0, 0.1) is 5.92 Å². The van der Waals surface area contributed by atoms with Gasteiger partial charge in [0.1, 0.15) is 0 Å². The van der Waals surface area contributed by atoms with E-state index in [4.69, 9.17) is 9.84 Å². The minimum absolute atomic E-state index is 0.288. The quantitative estimate of drug-likeness (QED) is 0.910. The molecule has 2 atom stereocenters. The van der Waals surface area contributed by atoms with E-state index in [1.54, 1.807) is 11.3 Å². The fourth-order valence-electron chi connectivity index (χ4n) is 2.46. The van der Waals surface area contributed by atoms with E-state index in [-0.39, 0.29) is 6.04 Å². The normalized spacial score (nSPS) is 23.2. The van der Waals surface area contributed by atoms with Gasteiger partial charge < -0.3 is 9.84 Å². The van der Waals surface area contributed by atoms with Gasteiger partial charge in [0.2, 0.25) is 0 Å². The molecule has 1 aromatic rings. The average molecular weight is 269 g/mol. The zero-order valence-electron chi connectivity index (χ0n) is 10.7. The molecular weight excluding hydrogens is 250 g/mol. The van der Waals surface area contributed by atoms with Crippen molar-refractivity contribution in [1.29, 1.82) is 0 Å². The Morgan fingerprint density at radius 3 is 2.94 bits per heavy atom. The summed E-state index contributed by atoms with van der Waals surface area (Å²) in [7, 11) is 0. The molecule has 0 radical (unpaired) electrons. The molecule has 1 aromatic heterocycles. The van der Waals surface area contributed by atoms with Crippen molar-refractivity contribution in [3.8, 4) is 0 Å². The Hall–Kier alpha value is -0.910. The zero-order chi connectivity index (χ0) is 13.1. The van der Waals surface area contributed by atoms with Gasteiger partial charge in [-0.15, -0.1) is 11.3 Å². The third-order valence-corrected chi connectivity index (χ3v) is 4.18. The van der Waals surface area contributed by atoms with E-state index in [9.17, 15) is 4.79 Å². The van der Waals surface area contributed by atoms with Crippen molar-refractivity contribution in [2.24, 2.45) is 5.92 Å². The van der Waals surface area contributed by atoms with E-state index in [1.165, 1.54) is 4.88 Å². The zero-order valence-corrected chi connectivity index (χ0v) is 11.5. The maximum atomic E-state index is 11.0. The molecule has 0 spiro atoms. The van der Waals surface area contributed by atoms with Crippen molar-refractivity contribution in [2.45, 2.75) is 26.0 Å². The lowest BCUT2D eigenvalue weighted by molar-refractivity contribution is -0.157. The van der Waals surface area contributed by atoms with Crippen LogP contribution in [0.4, 0.5) is 0 Å².